The molecule has 20 heavy (non-hydrogen) atoms. The Hall–Kier alpha value is -0.170. The number of sulfonamides is 1. The van der Waals surface area contributed by atoms with Gasteiger partial charge in [0, 0.05) is 12.6 Å². The van der Waals surface area contributed by atoms with Gasteiger partial charge in [-0.3, -0.25) is 0 Å². The third-order valence-electron chi connectivity index (χ3n) is 3.47. The van der Waals surface area contributed by atoms with Crippen molar-refractivity contribution in [2.75, 3.05) is 25.4 Å². The van der Waals surface area contributed by atoms with E-state index in [4.69, 9.17) is 4.74 Å². The Balaban J connectivity index is 2.03. The highest BCUT2D eigenvalue weighted by Gasteiger charge is 2.14. The molecular weight excluding hydrogens is 276 g/mol. The van der Waals surface area contributed by atoms with Gasteiger partial charge in [-0.1, -0.05) is 33.1 Å². The fraction of sp³-hybridized carbons (Fsp3) is 1.00. The molecule has 120 valence electrons. The number of rotatable bonds is 10. The van der Waals surface area contributed by atoms with Crippen molar-refractivity contribution >= 4 is 10.0 Å². The van der Waals surface area contributed by atoms with Gasteiger partial charge in [0.25, 0.3) is 0 Å². The van der Waals surface area contributed by atoms with Crippen LogP contribution in [-0.2, 0) is 14.8 Å². The first-order chi connectivity index (χ1) is 9.49. The van der Waals surface area contributed by atoms with E-state index in [-0.39, 0.29) is 5.75 Å². The summed E-state index contributed by atoms with van der Waals surface area (Å²) in [5, 5.41) is 3.21. The maximum absolute atomic E-state index is 11.7. The molecule has 0 radical (unpaired) electrons. The van der Waals surface area contributed by atoms with Crippen molar-refractivity contribution in [3.63, 3.8) is 0 Å². The van der Waals surface area contributed by atoms with E-state index >= 15 is 0 Å². The maximum Gasteiger partial charge on any atom is 0.211 e. The SMILES string of the molecule is CC(C)NCCCS(=O)(=O)NCCOC1CCCCC1. The molecule has 0 aromatic carbocycles. The molecule has 0 unspecified atom stereocenters. The van der Waals surface area contributed by atoms with Gasteiger partial charge in [0.1, 0.15) is 0 Å². The van der Waals surface area contributed by atoms with Crippen molar-refractivity contribution < 1.29 is 13.2 Å². The molecule has 0 amide bonds. The molecule has 1 rings (SSSR count). The van der Waals surface area contributed by atoms with Crippen LogP contribution in [-0.4, -0.2) is 46.0 Å². The molecule has 0 aromatic rings. The number of hydrogen-bond donors (Lipinski definition) is 2. The monoisotopic (exact) mass is 306 g/mol. The van der Waals surface area contributed by atoms with E-state index in [1.54, 1.807) is 0 Å². The summed E-state index contributed by atoms with van der Waals surface area (Å²) in [6.07, 6.45) is 6.98. The van der Waals surface area contributed by atoms with E-state index in [1.807, 2.05) is 0 Å². The smallest absolute Gasteiger partial charge is 0.211 e. The summed E-state index contributed by atoms with van der Waals surface area (Å²) < 4.78 is 31.8. The van der Waals surface area contributed by atoms with Crippen molar-refractivity contribution in [3.05, 3.63) is 0 Å². The molecule has 0 heterocycles. The Labute approximate surface area is 123 Å². The minimum absolute atomic E-state index is 0.177. The fourth-order valence-corrected chi connectivity index (χ4v) is 3.44. The molecule has 0 aliphatic heterocycles. The van der Waals surface area contributed by atoms with Gasteiger partial charge in [-0.15, -0.1) is 0 Å². The molecule has 5 nitrogen and oxygen atoms in total. The lowest BCUT2D eigenvalue weighted by Crippen LogP contribution is -2.33. The molecule has 0 spiro atoms. The lowest BCUT2D eigenvalue weighted by atomic mass is 9.98. The molecule has 1 fully saturated rings. The zero-order valence-corrected chi connectivity index (χ0v) is 13.7. The van der Waals surface area contributed by atoms with E-state index in [9.17, 15) is 8.42 Å². The van der Waals surface area contributed by atoms with Gasteiger partial charge in [-0.05, 0) is 25.8 Å². The number of ether oxygens (including phenoxy) is 1. The molecule has 2 N–H and O–H groups in total. The van der Waals surface area contributed by atoms with Crippen LogP contribution < -0.4 is 10.0 Å². The third kappa shape index (κ3) is 8.89. The normalized spacial score (nSPS) is 17.8. The second-order valence-electron chi connectivity index (χ2n) is 5.81. The van der Waals surface area contributed by atoms with Crippen LogP contribution in [0.2, 0.25) is 0 Å². The zero-order valence-electron chi connectivity index (χ0n) is 12.9. The van der Waals surface area contributed by atoms with Crippen LogP contribution in [0.25, 0.3) is 0 Å². The Morgan fingerprint density at radius 3 is 2.50 bits per heavy atom. The highest BCUT2D eigenvalue weighted by molar-refractivity contribution is 7.89. The molecule has 0 aromatic heterocycles. The zero-order chi connectivity index (χ0) is 14.8. The number of hydrogen-bond acceptors (Lipinski definition) is 4. The summed E-state index contributed by atoms with van der Waals surface area (Å²) >= 11 is 0. The molecule has 1 aliphatic carbocycles. The van der Waals surface area contributed by atoms with Gasteiger partial charge in [-0.25, -0.2) is 13.1 Å². The van der Waals surface area contributed by atoms with Crippen LogP contribution in [0.3, 0.4) is 0 Å². The van der Waals surface area contributed by atoms with Gasteiger partial charge < -0.3 is 10.1 Å². The Morgan fingerprint density at radius 2 is 1.85 bits per heavy atom. The van der Waals surface area contributed by atoms with Crippen molar-refractivity contribution in [1.82, 2.24) is 10.0 Å². The Morgan fingerprint density at radius 1 is 1.15 bits per heavy atom. The lowest BCUT2D eigenvalue weighted by molar-refractivity contribution is 0.0321. The summed E-state index contributed by atoms with van der Waals surface area (Å²) in [6, 6.07) is 0.398. The molecule has 6 heteroatoms. The minimum atomic E-state index is -3.15. The first-order valence-electron chi connectivity index (χ1n) is 7.82. The Bertz CT molecular complexity index is 338. The standard InChI is InChI=1S/C14H30N2O3S/c1-13(2)15-9-6-12-20(17,18)16-10-11-19-14-7-4-3-5-8-14/h13-16H,3-12H2,1-2H3. The average Bonchev–Trinajstić information content (AvgIpc) is 2.41. The van der Waals surface area contributed by atoms with Crippen molar-refractivity contribution in [1.29, 1.82) is 0 Å². The minimum Gasteiger partial charge on any atom is -0.377 e. The highest BCUT2D eigenvalue weighted by Crippen LogP contribution is 2.19. The van der Waals surface area contributed by atoms with Crippen LogP contribution in [0.5, 0.6) is 0 Å². The topological polar surface area (TPSA) is 67.4 Å². The summed E-state index contributed by atoms with van der Waals surface area (Å²) in [4.78, 5) is 0. The second-order valence-corrected chi connectivity index (χ2v) is 7.73. The van der Waals surface area contributed by atoms with Gasteiger partial charge in [0.05, 0.1) is 18.5 Å². The van der Waals surface area contributed by atoms with E-state index < -0.39 is 10.0 Å². The molecular formula is C14H30N2O3S. The van der Waals surface area contributed by atoms with Crippen molar-refractivity contribution in [2.24, 2.45) is 0 Å². The molecule has 1 saturated carbocycles. The van der Waals surface area contributed by atoms with Gasteiger partial charge >= 0.3 is 0 Å². The first-order valence-corrected chi connectivity index (χ1v) is 9.47. The number of nitrogens with one attached hydrogen (secondary N) is 2. The quantitative estimate of drug-likeness (QED) is 0.602. The van der Waals surface area contributed by atoms with Crippen LogP contribution in [0.1, 0.15) is 52.4 Å². The summed E-state index contributed by atoms with van der Waals surface area (Å²) in [5.74, 6) is 0.177. The highest BCUT2D eigenvalue weighted by atomic mass is 32.2. The van der Waals surface area contributed by atoms with Gasteiger partial charge in [-0.2, -0.15) is 0 Å². The second kappa shape index (κ2) is 9.71. The maximum atomic E-state index is 11.7. The average molecular weight is 306 g/mol. The van der Waals surface area contributed by atoms with Gasteiger partial charge in [0.2, 0.25) is 10.0 Å². The van der Waals surface area contributed by atoms with E-state index in [2.05, 4.69) is 23.9 Å². The molecule has 1 aliphatic rings. The van der Waals surface area contributed by atoms with Gasteiger partial charge in [0.15, 0.2) is 0 Å². The van der Waals surface area contributed by atoms with Crippen LogP contribution >= 0.6 is 0 Å². The summed E-state index contributed by atoms with van der Waals surface area (Å²) in [7, 11) is -3.15. The summed E-state index contributed by atoms with van der Waals surface area (Å²) in [6.45, 7) is 5.70. The van der Waals surface area contributed by atoms with E-state index in [1.165, 1.54) is 19.3 Å². The summed E-state index contributed by atoms with van der Waals surface area (Å²) in [5.41, 5.74) is 0. The molecule has 0 saturated heterocycles. The largest absolute Gasteiger partial charge is 0.377 e. The van der Waals surface area contributed by atoms with Crippen LogP contribution in [0.15, 0.2) is 0 Å². The third-order valence-corrected chi connectivity index (χ3v) is 4.94. The van der Waals surface area contributed by atoms with Crippen molar-refractivity contribution in [2.45, 2.75) is 64.5 Å². The van der Waals surface area contributed by atoms with Crippen LogP contribution in [0, 0.1) is 0 Å². The lowest BCUT2D eigenvalue weighted by Gasteiger charge is -2.22. The first kappa shape index (κ1) is 17.9. The predicted molar refractivity (Wildman–Crippen MR) is 82.4 cm³/mol. The Kier molecular flexibility index (Phi) is 8.68. The fourth-order valence-electron chi connectivity index (χ4n) is 2.38. The van der Waals surface area contributed by atoms with E-state index in [0.717, 1.165) is 19.4 Å². The van der Waals surface area contributed by atoms with Crippen molar-refractivity contribution in [3.8, 4) is 0 Å². The molecule has 0 bridgehead atoms. The van der Waals surface area contributed by atoms with E-state index in [0.29, 0.717) is 31.7 Å². The van der Waals surface area contributed by atoms with Crippen LogP contribution in [0.4, 0.5) is 0 Å². The predicted octanol–water partition coefficient (Wildman–Crippen LogP) is 1.64. The molecule has 0 atom stereocenters.